The van der Waals surface area contributed by atoms with Crippen LogP contribution in [0.25, 0.3) is 11.3 Å². The highest BCUT2D eigenvalue weighted by Gasteiger charge is 2.36. The zero-order chi connectivity index (χ0) is 21.4. The van der Waals surface area contributed by atoms with Crippen LogP contribution in [0.3, 0.4) is 0 Å². The molecule has 5 rings (SSSR count). The maximum Gasteiger partial charge on any atom is 0.311 e. The van der Waals surface area contributed by atoms with Crippen molar-refractivity contribution in [3.8, 4) is 22.8 Å². The lowest BCUT2D eigenvalue weighted by Crippen LogP contribution is -2.27. The molecular weight excluding hydrogens is 400 g/mol. The van der Waals surface area contributed by atoms with Crippen molar-refractivity contribution >= 4 is 17.6 Å². The molecule has 0 bridgehead atoms. The molecule has 2 aliphatic rings. The molecule has 3 aromatic rings. The van der Waals surface area contributed by atoms with Crippen LogP contribution in [0.5, 0.6) is 11.5 Å². The van der Waals surface area contributed by atoms with Crippen LogP contribution >= 0.6 is 0 Å². The molecule has 1 amide bonds. The van der Waals surface area contributed by atoms with Crippen LogP contribution in [0.4, 0.5) is 5.69 Å². The summed E-state index contributed by atoms with van der Waals surface area (Å²) >= 11 is 0. The van der Waals surface area contributed by atoms with Gasteiger partial charge in [0, 0.05) is 30.3 Å². The zero-order valence-electron chi connectivity index (χ0n) is 16.9. The van der Waals surface area contributed by atoms with E-state index in [0.29, 0.717) is 29.5 Å². The number of para-hydroxylation sites is 1. The first kappa shape index (κ1) is 19.2. The van der Waals surface area contributed by atoms with Gasteiger partial charge in [-0.15, -0.1) is 0 Å². The number of benzene rings is 2. The fourth-order valence-electron chi connectivity index (χ4n) is 3.79. The molecule has 0 N–H and O–H groups in total. The third-order valence-electron chi connectivity index (χ3n) is 5.44. The number of rotatable bonds is 5. The van der Waals surface area contributed by atoms with Gasteiger partial charge in [0.05, 0.1) is 5.92 Å². The van der Waals surface area contributed by atoms with Crippen molar-refractivity contribution in [3.63, 3.8) is 0 Å². The number of nitrogens with zero attached hydrogens (tertiary/aromatic N) is 2. The first-order chi connectivity index (χ1) is 15.1. The molecule has 1 aromatic heterocycles. The second-order valence-electron chi connectivity index (χ2n) is 7.55. The third kappa shape index (κ3) is 3.72. The Bertz CT molecular complexity index is 1150. The highest BCUT2D eigenvalue weighted by molar-refractivity contribution is 6.00. The fraction of sp³-hybridized carbons (Fsp3) is 0.261. The van der Waals surface area contributed by atoms with Crippen LogP contribution in [-0.4, -0.2) is 30.4 Å². The van der Waals surface area contributed by atoms with E-state index in [1.807, 2.05) is 43.3 Å². The molecule has 0 aliphatic carbocycles. The van der Waals surface area contributed by atoms with Crippen molar-refractivity contribution in [3.05, 3.63) is 59.8 Å². The van der Waals surface area contributed by atoms with Gasteiger partial charge in [-0.3, -0.25) is 9.59 Å². The molecule has 31 heavy (non-hydrogen) atoms. The van der Waals surface area contributed by atoms with Gasteiger partial charge in [0.15, 0.2) is 17.3 Å². The van der Waals surface area contributed by atoms with Crippen LogP contribution in [0.2, 0.25) is 0 Å². The summed E-state index contributed by atoms with van der Waals surface area (Å²) in [5.74, 6) is 0.854. The molecule has 0 radical (unpaired) electrons. The van der Waals surface area contributed by atoms with Crippen LogP contribution in [-0.2, 0) is 20.9 Å². The number of hydrogen-bond donors (Lipinski definition) is 0. The van der Waals surface area contributed by atoms with Gasteiger partial charge in [-0.25, -0.2) is 0 Å². The molecule has 8 heteroatoms. The lowest BCUT2D eigenvalue weighted by Gasteiger charge is -2.18. The molecule has 1 saturated heterocycles. The van der Waals surface area contributed by atoms with Gasteiger partial charge in [-0.1, -0.05) is 23.4 Å². The highest BCUT2D eigenvalue weighted by atomic mass is 16.7. The lowest BCUT2D eigenvalue weighted by molar-refractivity contribution is -0.149. The Morgan fingerprint density at radius 1 is 1.16 bits per heavy atom. The van der Waals surface area contributed by atoms with Crippen molar-refractivity contribution in [2.45, 2.75) is 20.0 Å². The monoisotopic (exact) mass is 420 g/mol. The summed E-state index contributed by atoms with van der Waals surface area (Å²) in [5, 5.41) is 3.97. The summed E-state index contributed by atoms with van der Waals surface area (Å²) in [6.45, 7) is 2.42. The van der Waals surface area contributed by atoms with Crippen LogP contribution in [0.15, 0.2) is 53.1 Å². The van der Waals surface area contributed by atoms with E-state index in [-0.39, 0.29) is 25.7 Å². The Morgan fingerprint density at radius 3 is 2.87 bits per heavy atom. The number of ether oxygens (including phenoxy) is 3. The molecule has 1 fully saturated rings. The van der Waals surface area contributed by atoms with Crippen molar-refractivity contribution in [2.24, 2.45) is 5.92 Å². The van der Waals surface area contributed by atoms with Gasteiger partial charge in [0.1, 0.15) is 12.3 Å². The van der Waals surface area contributed by atoms with Gasteiger partial charge in [-0.2, -0.15) is 0 Å². The van der Waals surface area contributed by atoms with Crippen LogP contribution in [0.1, 0.15) is 17.7 Å². The first-order valence-electron chi connectivity index (χ1n) is 9.97. The molecule has 0 spiro atoms. The second kappa shape index (κ2) is 7.79. The number of aryl methyl sites for hydroxylation is 1. The molecule has 8 nitrogen and oxygen atoms in total. The Morgan fingerprint density at radius 2 is 2.00 bits per heavy atom. The number of anilines is 1. The van der Waals surface area contributed by atoms with Gasteiger partial charge in [0.2, 0.25) is 12.7 Å². The van der Waals surface area contributed by atoms with Gasteiger partial charge in [0.25, 0.3) is 0 Å². The van der Waals surface area contributed by atoms with E-state index in [2.05, 4.69) is 5.16 Å². The topological polar surface area (TPSA) is 91.1 Å². The largest absolute Gasteiger partial charge is 0.459 e. The van der Waals surface area contributed by atoms with E-state index >= 15 is 0 Å². The van der Waals surface area contributed by atoms with Crippen molar-refractivity contribution in [1.29, 1.82) is 0 Å². The molecule has 1 unspecified atom stereocenters. The molecule has 158 valence electrons. The normalized spacial score (nSPS) is 17.3. The summed E-state index contributed by atoms with van der Waals surface area (Å²) in [6, 6.07) is 14.8. The summed E-state index contributed by atoms with van der Waals surface area (Å²) < 4.78 is 21.5. The zero-order valence-corrected chi connectivity index (χ0v) is 16.9. The van der Waals surface area contributed by atoms with E-state index in [9.17, 15) is 9.59 Å². The van der Waals surface area contributed by atoms with E-state index in [1.54, 1.807) is 17.0 Å². The van der Waals surface area contributed by atoms with Gasteiger partial charge in [-0.05, 0) is 36.8 Å². The molecule has 2 aromatic carbocycles. The molecule has 3 heterocycles. The van der Waals surface area contributed by atoms with E-state index in [1.165, 1.54) is 0 Å². The SMILES string of the molecule is Cc1ccccc1N1CC(C(=O)OCc2cc(-c3ccc4c(c3)OCO4)on2)CC1=O. The van der Waals surface area contributed by atoms with E-state index in [0.717, 1.165) is 16.8 Å². The molecule has 1 atom stereocenters. The van der Waals surface area contributed by atoms with Crippen molar-refractivity contribution in [2.75, 3.05) is 18.2 Å². The van der Waals surface area contributed by atoms with Gasteiger partial charge < -0.3 is 23.6 Å². The lowest BCUT2D eigenvalue weighted by atomic mass is 10.1. The van der Waals surface area contributed by atoms with E-state index < -0.39 is 11.9 Å². The summed E-state index contributed by atoms with van der Waals surface area (Å²) in [4.78, 5) is 26.6. The number of aromatic nitrogens is 1. The Hall–Kier alpha value is -3.81. The minimum Gasteiger partial charge on any atom is -0.459 e. The maximum absolute atomic E-state index is 12.5. The average Bonchev–Trinajstić information content (AvgIpc) is 3.51. The average molecular weight is 420 g/mol. The van der Waals surface area contributed by atoms with E-state index in [4.69, 9.17) is 18.7 Å². The Balaban J connectivity index is 1.21. The van der Waals surface area contributed by atoms with Crippen LogP contribution in [0, 0.1) is 12.8 Å². The Kier molecular flexibility index (Phi) is 4.82. The third-order valence-corrected chi connectivity index (χ3v) is 5.44. The van der Waals surface area contributed by atoms with Crippen molar-refractivity contribution < 1.29 is 28.3 Å². The predicted octanol–water partition coefficient (Wildman–Crippen LogP) is 3.48. The Labute approximate surface area is 178 Å². The summed E-state index contributed by atoms with van der Waals surface area (Å²) in [6.07, 6.45) is 0.133. The number of hydrogen-bond acceptors (Lipinski definition) is 7. The number of fused-ring (bicyclic) bond motifs is 1. The first-order valence-corrected chi connectivity index (χ1v) is 9.97. The second-order valence-corrected chi connectivity index (χ2v) is 7.55. The summed E-state index contributed by atoms with van der Waals surface area (Å²) in [7, 11) is 0. The highest BCUT2D eigenvalue weighted by Crippen LogP contribution is 2.36. The number of esters is 1. The predicted molar refractivity (Wildman–Crippen MR) is 109 cm³/mol. The summed E-state index contributed by atoms with van der Waals surface area (Å²) in [5.41, 5.74) is 3.09. The minimum atomic E-state index is -0.507. The number of carbonyl (C=O) groups excluding carboxylic acids is 2. The fourth-order valence-corrected chi connectivity index (χ4v) is 3.79. The molecular formula is C23H20N2O6. The smallest absolute Gasteiger partial charge is 0.311 e. The molecule has 0 saturated carbocycles. The molecule has 2 aliphatic heterocycles. The van der Waals surface area contributed by atoms with Gasteiger partial charge >= 0.3 is 5.97 Å². The standard InChI is InChI=1S/C23H20N2O6/c1-14-4-2-3-5-18(14)25-11-16(9-22(25)26)23(27)28-12-17-10-20(31-24-17)15-6-7-19-21(8-15)30-13-29-19/h2-8,10,16H,9,11-13H2,1H3. The minimum absolute atomic E-state index is 0.0259. The maximum atomic E-state index is 12.5. The quantitative estimate of drug-likeness (QED) is 0.584. The van der Waals surface area contributed by atoms with Crippen LogP contribution < -0.4 is 14.4 Å². The number of carbonyl (C=O) groups is 2. The number of amides is 1. The van der Waals surface area contributed by atoms with Crippen molar-refractivity contribution in [1.82, 2.24) is 5.16 Å².